The molecule has 0 bridgehead atoms. The molecule has 122 valence electrons. The van der Waals surface area contributed by atoms with Crippen LogP contribution in [0, 0.1) is 6.92 Å². The fraction of sp³-hybridized carbons (Fsp3) is 0.692. The van der Waals surface area contributed by atoms with Gasteiger partial charge in [0.15, 0.2) is 0 Å². The van der Waals surface area contributed by atoms with Crippen LogP contribution in [0.2, 0.25) is 0 Å². The van der Waals surface area contributed by atoms with E-state index in [-0.39, 0.29) is 36.8 Å². The molecule has 0 aromatic carbocycles. The Labute approximate surface area is 142 Å². The first-order valence-corrected chi connectivity index (χ1v) is 7.40. The summed E-state index contributed by atoms with van der Waals surface area (Å²) in [5.41, 5.74) is 0.565. The van der Waals surface area contributed by atoms with E-state index in [1.807, 2.05) is 26.2 Å². The van der Waals surface area contributed by atoms with Crippen LogP contribution in [0.1, 0.15) is 31.0 Å². The number of ether oxygens (including phenoxy) is 1. The third kappa shape index (κ3) is 6.08. The first-order chi connectivity index (χ1) is 8.97. The van der Waals surface area contributed by atoms with Gasteiger partial charge in [-0.25, -0.2) is 4.98 Å². The van der Waals surface area contributed by atoms with E-state index in [9.17, 15) is 4.79 Å². The number of aryl methyl sites for hydroxylation is 1. The molecule has 1 amide bonds. The van der Waals surface area contributed by atoms with Crippen LogP contribution in [0.4, 0.5) is 0 Å². The predicted octanol–water partition coefficient (Wildman–Crippen LogP) is 2.02. The monoisotopic (exact) mass is 355 g/mol. The molecule has 0 saturated carbocycles. The number of rotatable bonds is 4. The number of nitrogens with zero attached hydrogens (tertiary/aromatic N) is 1. The van der Waals surface area contributed by atoms with E-state index in [4.69, 9.17) is 4.74 Å². The highest BCUT2D eigenvalue weighted by molar-refractivity contribution is 7.09. The first kappa shape index (κ1) is 20.6. The number of halogens is 2. The molecule has 1 aromatic rings. The van der Waals surface area contributed by atoms with Crippen molar-refractivity contribution in [3.8, 4) is 0 Å². The van der Waals surface area contributed by atoms with Crippen molar-refractivity contribution in [2.24, 2.45) is 0 Å². The van der Waals surface area contributed by atoms with E-state index < -0.39 is 5.54 Å². The normalized spacial score (nSPS) is 18.3. The number of carbonyl (C=O) groups is 1. The lowest BCUT2D eigenvalue weighted by atomic mass is 10.1. The van der Waals surface area contributed by atoms with Crippen molar-refractivity contribution in [3.05, 3.63) is 16.1 Å². The molecule has 8 heteroatoms. The SMILES string of the molecule is Cc1csc(C(C)(C)NC(=O)CC2COCCN2)n1.Cl.Cl. The van der Waals surface area contributed by atoms with Crippen LogP contribution < -0.4 is 10.6 Å². The highest BCUT2D eigenvalue weighted by Gasteiger charge is 2.27. The van der Waals surface area contributed by atoms with Gasteiger partial charge in [0.2, 0.25) is 5.91 Å². The van der Waals surface area contributed by atoms with Crippen LogP contribution in [0.25, 0.3) is 0 Å². The minimum absolute atomic E-state index is 0. The van der Waals surface area contributed by atoms with Crippen LogP contribution in [0.5, 0.6) is 0 Å². The van der Waals surface area contributed by atoms with Crippen molar-refractivity contribution in [3.63, 3.8) is 0 Å². The van der Waals surface area contributed by atoms with Crippen LogP contribution in [-0.2, 0) is 15.1 Å². The standard InChI is InChI=1S/C13H21N3O2S.2ClH/c1-9-8-19-12(15-9)13(2,3)16-11(17)6-10-7-18-5-4-14-10;;/h8,10,14H,4-7H2,1-3H3,(H,16,17);2*1H. The van der Waals surface area contributed by atoms with Gasteiger partial charge in [0, 0.05) is 30.1 Å². The van der Waals surface area contributed by atoms with Crippen molar-refractivity contribution >= 4 is 42.1 Å². The maximum Gasteiger partial charge on any atom is 0.222 e. The summed E-state index contributed by atoms with van der Waals surface area (Å²) in [5, 5.41) is 9.26. The molecule has 1 fully saturated rings. The summed E-state index contributed by atoms with van der Waals surface area (Å²) in [6.07, 6.45) is 0.438. The maximum atomic E-state index is 12.1. The third-order valence-corrected chi connectivity index (χ3v) is 4.32. The van der Waals surface area contributed by atoms with Crippen molar-refractivity contribution in [2.75, 3.05) is 19.8 Å². The Morgan fingerprint density at radius 2 is 2.29 bits per heavy atom. The highest BCUT2D eigenvalue weighted by atomic mass is 35.5. The Balaban J connectivity index is 0.00000200. The largest absolute Gasteiger partial charge is 0.378 e. The summed E-state index contributed by atoms with van der Waals surface area (Å²) in [7, 11) is 0. The Hall–Kier alpha value is -0.400. The van der Waals surface area contributed by atoms with Crippen molar-refractivity contribution < 1.29 is 9.53 Å². The second kappa shape index (κ2) is 8.90. The Kier molecular flexibility index (Phi) is 8.73. The highest BCUT2D eigenvalue weighted by Crippen LogP contribution is 2.23. The van der Waals surface area contributed by atoms with Gasteiger partial charge in [0.05, 0.1) is 18.8 Å². The summed E-state index contributed by atoms with van der Waals surface area (Å²) in [5.74, 6) is 0.0286. The zero-order valence-corrected chi connectivity index (χ0v) is 14.9. The lowest BCUT2D eigenvalue weighted by Crippen LogP contribution is -2.47. The molecule has 2 N–H and O–H groups in total. The molecule has 1 aliphatic heterocycles. The molecule has 0 radical (unpaired) electrons. The van der Waals surface area contributed by atoms with Gasteiger partial charge in [-0.3, -0.25) is 4.79 Å². The van der Waals surface area contributed by atoms with E-state index in [0.717, 1.165) is 23.9 Å². The van der Waals surface area contributed by atoms with Crippen molar-refractivity contribution in [2.45, 2.75) is 38.8 Å². The van der Waals surface area contributed by atoms with E-state index in [0.29, 0.717) is 13.0 Å². The summed E-state index contributed by atoms with van der Waals surface area (Å²) < 4.78 is 5.35. The summed E-state index contributed by atoms with van der Waals surface area (Å²) in [4.78, 5) is 16.5. The average Bonchev–Trinajstić information content (AvgIpc) is 2.77. The topological polar surface area (TPSA) is 63.2 Å². The van der Waals surface area contributed by atoms with Crippen LogP contribution in [0.3, 0.4) is 0 Å². The summed E-state index contributed by atoms with van der Waals surface area (Å²) in [6.45, 7) is 8.06. The Morgan fingerprint density at radius 1 is 1.57 bits per heavy atom. The van der Waals surface area contributed by atoms with Crippen molar-refractivity contribution in [1.82, 2.24) is 15.6 Å². The van der Waals surface area contributed by atoms with E-state index in [2.05, 4.69) is 15.6 Å². The molecule has 0 aliphatic carbocycles. The van der Waals surface area contributed by atoms with Gasteiger partial charge in [0.25, 0.3) is 0 Å². The lowest BCUT2D eigenvalue weighted by molar-refractivity contribution is -0.124. The fourth-order valence-electron chi connectivity index (χ4n) is 2.07. The van der Waals surface area contributed by atoms with Crippen LogP contribution in [-0.4, -0.2) is 36.7 Å². The number of nitrogens with one attached hydrogen (secondary N) is 2. The number of hydrogen-bond acceptors (Lipinski definition) is 5. The smallest absolute Gasteiger partial charge is 0.222 e. The number of morpholine rings is 1. The van der Waals surface area contributed by atoms with E-state index in [1.165, 1.54) is 0 Å². The quantitative estimate of drug-likeness (QED) is 0.867. The fourth-order valence-corrected chi connectivity index (χ4v) is 2.95. The second-order valence-electron chi connectivity index (χ2n) is 5.40. The van der Waals surface area contributed by atoms with Gasteiger partial charge < -0.3 is 15.4 Å². The molecule has 1 saturated heterocycles. The van der Waals surface area contributed by atoms with Gasteiger partial charge >= 0.3 is 0 Å². The predicted molar refractivity (Wildman–Crippen MR) is 89.7 cm³/mol. The van der Waals surface area contributed by atoms with Crippen LogP contribution in [0.15, 0.2) is 5.38 Å². The molecular formula is C13H23Cl2N3O2S. The number of amides is 1. The second-order valence-corrected chi connectivity index (χ2v) is 6.26. The third-order valence-electron chi connectivity index (χ3n) is 3.04. The lowest BCUT2D eigenvalue weighted by Gasteiger charge is -2.27. The zero-order chi connectivity index (χ0) is 13.9. The molecule has 0 spiro atoms. The molecule has 1 aliphatic rings. The van der Waals surface area contributed by atoms with E-state index in [1.54, 1.807) is 11.3 Å². The van der Waals surface area contributed by atoms with Gasteiger partial charge in [-0.05, 0) is 20.8 Å². The molecule has 2 heterocycles. The van der Waals surface area contributed by atoms with E-state index >= 15 is 0 Å². The molecule has 1 aromatic heterocycles. The average molecular weight is 356 g/mol. The number of thiazole rings is 1. The minimum atomic E-state index is -0.425. The Morgan fingerprint density at radius 3 is 2.81 bits per heavy atom. The summed E-state index contributed by atoms with van der Waals surface area (Å²) in [6, 6.07) is 0.114. The van der Waals surface area contributed by atoms with Gasteiger partial charge in [-0.2, -0.15) is 0 Å². The number of aromatic nitrogens is 1. The molecule has 5 nitrogen and oxygen atoms in total. The number of carbonyl (C=O) groups excluding carboxylic acids is 1. The summed E-state index contributed by atoms with van der Waals surface area (Å²) >= 11 is 1.58. The van der Waals surface area contributed by atoms with Gasteiger partial charge in [-0.1, -0.05) is 0 Å². The molecule has 1 atom stereocenters. The Bertz CT molecular complexity index is 448. The molecular weight excluding hydrogens is 333 g/mol. The van der Waals surface area contributed by atoms with Crippen LogP contribution >= 0.6 is 36.2 Å². The molecule has 1 unspecified atom stereocenters. The molecule has 21 heavy (non-hydrogen) atoms. The molecule has 2 rings (SSSR count). The number of hydrogen-bond donors (Lipinski definition) is 2. The van der Waals surface area contributed by atoms with Gasteiger partial charge in [-0.15, -0.1) is 36.2 Å². The maximum absolute atomic E-state index is 12.1. The van der Waals surface area contributed by atoms with Crippen molar-refractivity contribution in [1.29, 1.82) is 0 Å². The zero-order valence-electron chi connectivity index (χ0n) is 12.5. The first-order valence-electron chi connectivity index (χ1n) is 6.52. The minimum Gasteiger partial charge on any atom is -0.378 e. The van der Waals surface area contributed by atoms with Gasteiger partial charge in [0.1, 0.15) is 5.01 Å².